The van der Waals surface area contributed by atoms with E-state index in [9.17, 15) is 9.59 Å². The Labute approximate surface area is 103 Å². The summed E-state index contributed by atoms with van der Waals surface area (Å²) in [6, 6.07) is 0. The Hall–Kier alpha value is -0.900. The van der Waals surface area contributed by atoms with Gasteiger partial charge in [-0.25, -0.2) is 0 Å². The summed E-state index contributed by atoms with van der Waals surface area (Å²) in [6.45, 7) is 8.38. The summed E-state index contributed by atoms with van der Waals surface area (Å²) in [4.78, 5) is 25.5. The molecule has 1 heterocycles. The number of carbonyl (C=O) groups excluding carboxylic acids is 2. The van der Waals surface area contributed by atoms with E-state index >= 15 is 0 Å². The Balaban J connectivity index is 2.92. The molecule has 17 heavy (non-hydrogen) atoms. The van der Waals surface area contributed by atoms with Crippen LogP contribution in [0.5, 0.6) is 0 Å². The molecule has 0 N–H and O–H groups in total. The Morgan fingerprint density at radius 3 is 2.47 bits per heavy atom. The van der Waals surface area contributed by atoms with Crippen molar-refractivity contribution in [2.75, 3.05) is 20.3 Å². The molecule has 0 saturated carbocycles. The summed E-state index contributed by atoms with van der Waals surface area (Å²) >= 11 is 0. The molecular formula is C13H23NO3. The first kappa shape index (κ1) is 14.2. The number of likely N-dealkylation sites (tertiary alicyclic amines) is 1. The van der Waals surface area contributed by atoms with Crippen LogP contribution in [0.4, 0.5) is 0 Å². The molecule has 1 saturated heterocycles. The van der Waals surface area contributed by atoms with E-state index in [1.54, 1.807) is 14.0 Å². The van der Waals surface area contributed by atoms with E-state index in [1.165, 1.54) is 0 Å². The van der Waals surface area contributed by atoms with Crippen LogP contribution in [0.2, 0.25) is 0 Å². The summed E-state index contributed by atoms with van der Waals surface area (Å²) in [5.41, 5.74) is -0.341. The molecule has 0 unspecified atom stereocenters. The Bertz CT molecular complexity index is 314. The number of amides is 1. The van der Waals surface area contributed by atoms with E-state index in [4.69, 9.17) is 4.74 Å². The summed E-state index contributed by atoms with van der Waals surface area (Å²) < 4.78 is 5.21. The monoisotopic (exact) mass is 241 g/mol. The van der Waals surface area contributed by atoms with Gasteiger partial charge in [0, 0.05) is 25.5 Å². The second-order valence-corrected chi connectivity index (χ2v) is 5.55. The second kappa shape index (κ2) is 5.17. The van der Waals surface area contributed by atoms with Crippen molar-refractivity contribution in [3.63, 3.8) is 0 Å². The van der Waals surface area contributed by atoms with Crippen LogP contribution < -0.4 is 0 Å². The van der Waals surface area contributed by atoms with Crippen molar-refractivity contribution >= 4 is 11.7 Å². The molecule has 0 spiro atoms. The zero-order valence-corrected chi connectivity index (χ0v) is 11.4. The van der Waals surface area contributed by atoms with Gasteiger partial charge in [0.05, 0.1) is 12.1 Å². The minimum absolute atomic E-state index is 0.0437. The van der Waals surface area contributed by atoms with Crippen molar-refractivity contribution in [2.24, 2.45) is 11.8 Å². The maximum Gasteiger partial charge on any atom is 0.225 e. The van der Waals surface area contributed by atoms with Crippen molar-refractivity contribution in [1.82, 2.24) is 4.90 Å². The zero-order valence-electron chi connectivity index (χ0n) is 11.4. The highest BCUT2D eigenvalue weighted by atomic mass is 16.5. The van der Waals surface area contributed by atoms with Gasteiger partial charge in [0.1, 0.15) is 5.78 Å². The Morgan fingerprint density at radius 1 is 1.47 bits per heavy atom. The maximum atomic E-state index is 12.2. The van der Waals surface area contributed by atoms with Gasteiger partial charge in [-0.2, -0.15) is 0 Å². The zero-order chi connectivity index (χ0) is 13.2. The SMILES string of the molecule is COC[C@]1(C)C[C@H](C(C)=O)CN1C(=O)C(C)C. The van der Waals surface area contributed by atoms with E-state index < -0.39 is 0 Å². The van der Waals surface area contributed by atoms with Gasteiger partial charge in [-0.15, -0.1) is 0 Å². The number of hydrogen-bond donors (Lipinski definition) is 0. The first-order valence-corrected chi connectivity index (χ1v) is 6.12. The molecule has 4 heteroatoms. The highest BCUT2D eigenvalue weighted by molar-refractivity contribution is 5.83. The van der Waals surface area contributed by atoms with Gasteiger partial charge in [0.25, 0.3) is 0 Å². The van der Waals surface area contributed by atoms with Crippen LogP contribution in [0.1, 0.15) is 34.1 Å². The molecule has 1 fully saturated rings. The van der Waals surface area contributed by atoms with E-state index in [1.807, 2.05) is 25.7 Å². The fourth-order valence-corrected chi connectivity index (χ4v) is 2.53. The van der Waals surface area contributed by atoms with Crippen LogP contribution in [-0.2, 0) is 14.3 Å². The molecule has 0 aromatic carbocycles. The summed E-state index contributed by atoms with van der Waals surface area (Å²) in [6.07, 6.45) is 0.703. The number of nitrogens with zero attached hydrogens (tertiary/aromatic N) is 1. The number of hydrogen-bond acceptors (Lipinski definition) is 3. The molecule has 1 rings (SSSR count). The molecule has 0 aromatic heterocycles. The number of methoxy groups -OCH3 is 1. The third-order valence-corrected chi connectivity index (χ3v) is 3.53. The van der Waals surface area contributed by atoms with E-state index in [0.717, 1.165) is 0 Å². The van der Waals surface area contributed by atoms with Crippen LogP contribution >= 0.6 is 0 Å². The van der Waals surface area contributed by atoms with Crippen LogP contribution in [0, 0.1) is 11.8 Å². The minimum Gasteiger partial charge on any atom is -0.382 e. The number of rotatable bonds is 4. The molecule has 0 radical (unpaired) electrons. The van der Waals surface area contributed by atoms with E-state index in [2.05, 4.69) is 0 Å². The average molecular weight is 241 g/mol. The highest BCUT2D eigenvalue weighted by Crippen LogP contribution is 2.34. The fraction of sp³-hybridized carbons (Fsp3) is 0.846. The molecule has 1 aliphatic rings. The van der Waals surface area contributed by atoms with Gasteiger partial charge in [-0.05, 0) is 20.3 Å². The molecular weight excluding hydrogens is 218 g/mol. The van der Waals surface area contributed by atoms with Crippen molar-refractivity contribution in [2.45, 2.75) is 39.7 Å². The third kappa shape index (κ3) is 2.86. The van der Waals surface area contributed by atoms with Crippen molar-refractivity contribution in [1.29, 1.82) is 0 Å². The molecule has 1 aliphatic heterocycles. The number of ketones is 1. The lowest BCUT2D eigenvalue weighted by atomic mass is 9.93. The average Bonchev–Trinajstić information content (AvgIpc) is 2.55. The summed E-state index contributed by atoms with van der Waals surface area (Å²) in [5, 5.41) is 0. The Kier molecular flexibility index (Phi) is 4.31. The summed E-state index contributed by atoms with van der Waals surface area (Å²) in [5.74, 6) is 0.175. The highest BCUT2D eigenvalue weighted by Gasteiger charge is 2.46. The predicted molar refractivity (Wildman–Crippen MR) is 65.6 cm³/mol. The number of ether oxygens (including phenoxy) is 1. The smallest absolute Gasteiger partial charge is 0.225 e. The number of carbonyl (C=O) groups is 2. The van der Waals surface area contributed by atoms with Crippen LogP contribution in [-0.4, -0.2) is 42.4 Å². The second-order valence-electron chi connectivity index (χ2n) is 5.55. The fourth-order valence-electron chi connectivity index (χ4n) is 2.53. The largest absolute Gasteiger partial charge is 0.382 e. The first-order valence-electron chi connectivity index (χ1n) is 6.12. The molecule has 1 amide bonds. The lowest BCUT2D eigenvalue weighted by molar-refractivity contribution is -0.140. The maximum absolute atomic E-state index is 12.2. The van der Waals surface area contributed by atoms with Gasteiger partial charge in [0.2, 0.25) is 5.91 Å². The standard InChI is InChI=1S/C13H23NO3/c1-9(2)12(16)14-7-11(10(3)15)6-13(14,4)8-17-5/h9,11H,6-8H2,1-5H3/t11-,13-/m0/s1. The predicted octanol–water partition coefficient (Wildman–Crippen LogP) is 1.49. The van der Waals surface area contributed by atoms with Crippen LogP contribution in [0.15, 0.2) is 0 Å². The van der Waals surface area contributed by atoms with Gasteiger partial charge in [0.15, 0.2) is 0 Å². The van der Waals surface area contributed by atoms with Crippen molar-refractivity contribution in [3.8, 4) is 0 Å². The quantitative estimate of drug-likeness (QED) is 0.749. The topological polar surface area (TPSA) is 46.6 Å². The van der Waals surface area contributed by atoms with Gasteiger partial charge in [-0.3, -0.25) is 9.59 Å². The lowest BCUT2D eigenvalue weighted by Gasteiger charge is -2.35. The van der Waals surface area contributed by atoms with Gasteiger partial charge < -0.3 is 9.64 Å². The van der Waals surface area contributed by atoms with Gasteiger partial charge >= 0.3 is 0 Å². The lowest BCUT2D eigenvalue weighted by Crippen LogP contribution is -2.49. The first-order chi connectivity index (χ1) is 7.81. The number of Topliss-reactive ketones (excluding diaryl/α,β-unsaturated/α-hetero) is 1. The molecule has 98 valence electrons. The molecule has 0 aromatic rings. The minimum atomic E-state index is -0.341. The van der Waals surface area contributed by atoms with Crippen LogP contribution in [0.25, 0.3) is 0 Å². The summed E-state index contributed by atoms with van der Waals surface area (Å²) in [7, 11) is 1.63. The van der Waals surface area contributed by atoms with Gasteiger partial charge in [-0.1, -0.05) is 13.8 Å². The molecule has 0 aliphatic carbocycles. The molecule has 2 atom stereocenters. The van der Waals surface area contributed by atoms with E-state index in [0.29, 0.717) is 19.6 Å². The Morgan fingerprint density at radius 2 is 2.06 bits per heavy atom. The van der Waals surface area contributed by atoms with E-state index in [-0.39, 0.29) is 29.1 Å². The third-order valence-electron chi connectivity index (χ3n) is 3.53. The van der Waals surface area contributed by atoms with Crippen molar-refractivity contribution < 1.29 is 14.3 Å². The van der Waals surface area contributed by atoms with Crippen LogP contribution in [0.3, 0.4) is 0 Å². The molecule has 0 bridgehead atoms. The van der Waals surface area contributed by atoms with Crippen molar-refractivity contribution in [3.05, 3.63) is 0 Å². The normalized spacial score (nSPS) is 28.8. The molecule has 4 nitrogen and oxygen atoms in total.